The minimum absolute atomic E-state index is 0.195. The molecule has 2 aromatic rings. The number of hydrazine groups is 1. The fourth-order valence-electron chi connectivity index (χ4n) is 1.54. The maximum absolute atomic E-state index is 11.1. The van der Waals surface area contributed by atoms with E-state index in [-0.39, 0.29) is 5.91 Å². The average molecular weight is 201 g/mol. The molecule has 1 aromatic heterocycles. The molecule has 0 fully saturated rings. The predicted molar refractivity (Wildman–Crippen MR) is 54.8 cm³/mol. The van der Waals surface area contributed by atoms with E-state index in [0.717, 1.165) is 16.8 Å². The summed E-state index contributed by atoms with van der Waals surface area (Å²) in [5.74, 6) is -0.195. The molecule has 0 radical (unpaired) electrons. The molecule has 3 rings (SSSR count). The van der Waals surface area contributed by atoms with Gasteiger partial charge in [-0.3, -0.25) is 15.6 Å². The first-order chi connectivity index (χ1) is 7.34. The number of rotatable bonds is 0. The Morgan fingerprint density at radius 2 is 2.13 bits per heavy atom. The summed E-state index contributed by atoms with van der Waals surface area (Å²) in [5, 5.41) is 0. The summed E-state index contributed by atoms with van der Waals surface area (Å²) >= 11 is 0. The molecule has 5 nitrogen and oxygen atoms in total. The zero-order chi connectivity index (χ0) is 10.3. The number of aromatic nitrogens is 1. The van der Waals surface area contributed by atoms with Gasteiger partial charge in [-0.05, 0) is 12.1 Å². The van der Waals surface area contributed by atoms with Crippen LogP contribution in [0.5, 0.6) is 0 Å². The van der Waals surface area contributed by atoms with Crippen LogP contribution in [0.25, 0.3) is 17.2 Å². The highest BCUT2D eigenvalue weighted by atomic mass is 16.3. The van der Waals surface area contributed by atoms with Gasteiger partial charge in [-0.15, -0.1) is 0 Å². The molecule has 1 aliphatic heterocycles. The van der Waals surface area contributed by atoms with Crippen LogP contribution in [-0.4, -0.2) is 10.9 Å². The quantitative estimate of drug-likeness (QED) is 0.674. The van der Waals surface area contributed by atoms with Crippen LogP contribution in [0, 0.1) is 0 Å². The summed E-state index contributed by atoms with van der Waals surface area (Å²) in [6.07, 6.45) is 4.57. The molecular weight excluding hydrogens is 194 g/mol. The molecule has 0 bridgehead atoms. The van der Waals surface area contributed by atoms with Crippen LogP contribution >= 0.6 is 0 Å². The normalized spacial score (nSPS) is 14.3. The molecule has 2 heterocycles. The van der Waals surface area contributed by atoms with Crippen LogP contribution in [-0.2, 0) is 4.79 Å². The van der Waals surface area contributed by atoms with E-state index in [1.54, 1.807) is 6.08 Å². The van der Waals surface area contributed by atoms with Crippen molar-refractivity contribution < 1.29 is 9.21 Å². The highest BCUT2D eigenvalue weighted by Crippen LogP contribution is 2.28. The van der Waals surface area contributed by atoms with Gasteiger partial charge in [0.25, 0.3) is 5.91 Å². The van der Waals surface area contributed by atoms with Crippen molar-refractivity contribution in [2.75, 3.05) is 5.43 Å². The molecular formula is C10H7N3O2. The molecule has 1 aromatic carbocycles. The summed E-state index contributed by atoms with van der Waals surface area (Å²) < 4.78 is 5.25. The van der Waals surface area contributed by atoms with E-state index in [1.807, 2.05) is 12.1 Å². The van der Waals surface area contributed by atoms with Gasteiger partial charge < -0.3 is 4.42 Å². The van der Waals surface area contributed by atoms with Crippen molar-refractivity contribution in [3.05, 3.63) is 30.2 Å². The number of hydrogen-bond acceptors (Lipinski definition) is 4. The lowest BCUT2D eigenvalue weighted by atomic mass is 10.1. The minimum Gasteiger partial charge on any atom is -0.441 e. The molecule has 1 amide bonds. The molecule has 1 aliphatic rings. The van der Waals surface area contributed by atoms with E-state index in [0.29, 0.717) is 5.58 Å². The highest BCUT2D eigenvalue weighted by Gasteiger charge is 2.12. The molecule has 2 N–H and O–H groups in total. The van der Waals surface area contributed by atoms with Gasteiger partial charge in [0.15, 0.2) is 12.0 Å². The monoisotopic (exact) mass is 201 g/mol. The van der Waals surface area contributed by atoms with Crippen molar-refractivity contribution in [3.8, 4) is 0 Å². The largest absolute Gasteiger partial charge is 0.441 e. The van der Waals surface area contributed by atoms with Gasteiger partial charge in [-0.25, -0.2) is 4.98 Å². The number of amides is 1. The molecule has 0 spiro atoms. The standard InChI is InChI=1S/C10H7N3O2/c14-8-4-2-6-1-3-7-10(15-5-11-7)9(6)13-12-8/h1-5,13H,(H,12,14). The van der Waals surface area contributed by atoms with Gasteiger partial charge in [0, 0.05) is 11.6 Å². The van der Waals surface area contributed by atoms with Crippen LogP contribution in [0.4, 0.5) is 5.69 Å². The van der Waals surface area contributed by atoms with Crippen molar-refractivity contribution in [1.82, 2.24) is 10.4 Å². The van der Waals surface area contributed by atoms with E-state index >= 15 is 0 Å². The number of benzene rings is 1. The molecule has 0 saturated heterocycles. The van der Waals surface area contributed by atoms with E-state index in [2.05, 4.69) is 15.8 Å². The van der Waals surface area contributed by atoms with Crippen molar-refractivity contribution in [3.63, 3.8) is 0 Å². The second-order valence-corrected chi connectivity index (χ2v) is 3.18. The zero-order valence-corrected chi connectivity index (χ0v) is 7.65. The first-order valence-electron chi connectivity index (χ1n) is 4.45. The first-order valence-corrected chi connectivity index (χ1v) is 4.45. The third kappa shape index (κ3) is 1.17. The fourth-order valence-corrected chi connectivity index (χ4v) is 1.54. The van der Waals surface area contributed by atoms with Crippen LogP contribution in [0.1, 0.15) is 5.56 Å². The Bertz CT molecular complexity index is 571. The number of nitrogens with one attached hydrogen (secondary N) is 2. The molecule has 0 unspecified atom stereocenters. The SMILES string of the molecule is O=C1C=Cc2ccc3ncoc3c2NN1. The van der Waals surface area contributed by atoms with Crippen molar-refractivity contribution in [1.29, 1.82) is 0 Å². The fraction of sp³-hybridized carbons (Fsp3) is 0. The number of fused-ring (bicyclic) bond motifs is 3. The maximum Gasteiger partial charge on any atom is 0.262 e. The lowest BCUT2D eigenvalue weighted by Crippen LogP contribution is -2.26. The predicted octanol–water partition coefficient (Wildman–Crippen LogP) is 1.30. The van der Waals surface area contributed by atoms with Crippen LogP contribution in [0.2, 0.25) is 0 Å². The van der Waals surface area contributed by atoms with Gasteiger partial charge in [0.1, 0.15) is 11.2 Å². The number of anilines is 1. The number of oxazole rings is 1. The summed E-state index contributed by atoms with van der Waals surface area (Å²) in [4.78, 5) is 15.2. The van der Waals surface area contributed by atoms with Crippen molar-refractivity contribution in [2.45, 2.75) is 0 Å². The van der Waals surface area contributed by atoms with Gasteiger partial charge in [-0.2, -0.15) is 0 Å². The third-order valence-electron chi connectivity index (χ3n) is 2.26. The van der Waals surface area contributed by atoms with Gasteiger partial charge in [0.05, 0.1) is 0 Å². The first kappa shape index (κ1) is 8.05. The topological polar surface area (TPSA) is 67.2 Å². The number of carbonyl (C=O) groups excluding carboxylic acids is 1. The second kappa shape index (κ2) is 2.84. The Kier molecular flexibility index (Phi) is 1.53. The van der Waals surface area contributed by atoms with E-state index in [4.69, 9.17) is 4.42 Å². The third-order valence-corrected chi connectivity index (χ3v) is 2.26. The van der Waals surface area contributed by atoms with Crippen LogP contribution < -0.4 is 10.9 Å². The maximum atomic E-state index is 11.1. The highest BCUT2D eigenvalue weighted by molar-refractivity contribution is 6.00. The Balaban J connectivity index is 2.28. The smallest absolute Gasteiger partial charge is 0.262 e. The Hall–Kier alpha value is -2.30. The molecule has 15 heavy (non-hydrogen) atoms. The molecule has 0 aliphatic carbocycles. The summed E-state index contributed by atoms with van der Waals surface area (Å²) in [7, 11) is 0. The van der Waals surface area contributed by atoms with Gasteiger partial charge in [-0.1, -0.05) is 6.07 Å². The van der Waals surface area contributed by atoms with E-state index in [9.17, 15) is 4.79 Å². The summed E-state index contributed by atoms with van der Waals surface area (Å²) in [6.45, 7) is 0. The summed E-state index contributed by atoms with van der Waals surface area (Å²) in [5.41, 5.74) is 8.34. The van der Waals surface area contributed by atoms with Crippen molar-refractivity contribution in [2.24, 2.45) is 0 Å². The van der Waals surface area contributed by atoms with Gasteiger partial charge in [0.2, 0.25) is 0 Å². The molecule has 5 heteroatoms. The summed E-state index contributed by atoms with van der Waals surface area (Å²) in [6, 6.07) is 3.73. The Labute approximate surface area is 84.8 Å². The number of hydrogen-bond donors (Lipinski definition) is 2. The Morgan fingerprint density at radius 3 is 3.07 bits per heavy atom. The minimum atomic E-state index is -0.195. The van der Waals surface area contributed by atoms with E-state index < -0.39 is 0 Å². The molecule has 0 saturated carbocycles. The number of carbonyl (C=O) groups is 1. The molecule has 74 valence electrons. The van der Waals surface area contributed by atoms with E-state index in [1.165, 1.54) is 12.5 Å². The number of nitrogens with zero attached hydrogens (tertiary/aromatic N) is 1. The molecule has 0 atom stereocenters. The lowest BCUT2D eigenvalue weighted by molar-refractivity contribution is -0.115. The van der Waals surface area contributed by atoms with Gasteiger partial charge >= 0.3 is 0 Å². The van der Waals surface area contributed by atoms with Crippen LogP contribution in [0.3, 0.4) is 0 Å². The zero-order valence-electron chi connectivity index (χ0n) is 7.65. The lowest BCUT2D eigenvalue weighted by Gasteiger charge is -2.06. The Morgan fingerprint density at radius 1 is 1.20 bits per heavy atom. The average Bonchev–Trinajstić information content (AvgIpc) is 2.64. The second-order valence-electron chi connectivity index (χ2n) is 3.18. The van der Waals surface area contributed by atoms with Crippen molar-refractivity contribution >= 4 is 28.8 Å². The van der Waals surface area contributed by atoms with Crippen LogP contribution in [0.15, 0.2) is 29.0 Å².